The minimum absolute atomic E-state index is 0.0942. The van der Waals surface area contributed by atoms with Gasteiger partial charge >= 0.3 is 0 Å². The summed E-state index contributed by atoms with van der Waals surface area (Å²) in [5.74, 6) is -0.666. The van der Waals surface area contributed by atoms with Crippen molar-refractivity contribution in [1.82, 2.24) is 4.72 Å². The maximum Gasteiger partial charge on any atom is 0.294 e. The summed E-state index contributed by atoms with van der Waals surface area (Å²) in [5, 5.41) is 19.4. The molecular formula is C16H17ClN2O10S3. The van der Waals surface area contributed by atoms with Crippen LogP contribution in [0.5, 0.6) is 0 Å². The van der Waals surface area contributed by atoms with Gasteiger partial charge in [0.05, 0.1) is 32.1 Å². The standard InChI is InChI=1S/C16H17ClN2O10S3/c17-14-4-2-12(19(21)22)9-16(14)31(25,26)18-6-5-11-1-3-13(30(23,24)8-7-20)10-15(11)32(27,28)29/h1-4,9-10,18,20H,5-8H2,(H,27,28,29). The Kier molecular flexibility index (Phi) is 7.98. The third-order valence-corrected chi connectivity index (χ3v) is 8.71. The predicted octanol–water partition coefficient (Wildman–Crippen LogP) is 0.782. The molecule has 0 spiro atoms. The molecule has 0 amide bonds. The van der Waals surface area contributed by atoms with Crippen LogP contribution in [0.2, 0.25) is 5.02 Å². The van der Waals surface area contributed by atoms with Crippen molar-refractivity contribution in [3.8, 4) is 0 Å². The van der Waals surface area contributed by atoms with Crippen LogP contribution < -0.4 is 4.72 Å². The van der Waals surface area contributed by atoms with Crippen LogP contribution in [0.15, 0.2) is 51.1 Å². The maximum absolute atomic E-state index is 12.5. The number of nitrogens with one attached hydrogen (secondary N) is 1. The number of aliphatic hydroxyl groups excluding tert-OH is 1. The first-order valence-corrected chi connectivity index (χ1v) is 13.5. The average Bonchev–Trinajstić information content (AvgIpc) is 2.67. The smallest absolute Gasteiger partial charge is 0.294 e. The number of halogens is 1. The Labute approximate surface area is 188 Å². The van der Waals surface area contributed by atoms with Gasteiger partial charge in [0.2, 0.25) is 10.0 Å². The average molecular weight is 529 g/mol. The molecule has 0 heterocycles. The highest BCUT2D eigenvalue weighted by atomic mass is 35.5. The van der Waals surface area contributed by atoms with Crippen LogP contribution >= 0.6 is 11.6 Å². The number of rotatable bonds is 10. The minimum Gasteiger partial charge on any atom is -0.395 e. The van der Waals surface area contributed by atoms with E-state index in [2.05, 4.69) is 4.72 Å². The molecule has 0 saturated heterocycles. The van der Waals surface area contributed by atoms with Crippen LogP contribution in [0.1, 0.15) is 5.56 Å². The first-order valence-electron chi connectivity index (χ1n) is 8.56. The molecule has 3 N–H and O–H groups in total. The second kappa shape index (κ2) is 9.78. The van der Waals surface area contributed by atoms with Crippen LogP contribution in [0.25, 0.3) is 0 Å². The van der Waals surface area contributed by atoms with Gasteiger partial charge < -0.3 is 5.11 Å². The fourth-order valence-electron chi connectivity index (χ4n) is 2.62. The zero-order valence-electron chi connectivity index (χ0n) is 16.0. The SMILES string of the molecule is O=[N+]([O-])c1ccc(Cl)c(S(=O)(=O)NCCc2ccc(S(=O)(=O)CCO)cc2S(=O)(=O)O)c1. The predicted molar refractivity (Wildman–Crippen MR) is 112 cm³/mol. The Hall–Kier alpha value is -2.14. The number of non-ortho nitro benzene ring substituents is 1. The van der Waals surface area contributed by atoms with Gasteiger partial charge in [-0.25, -0.2) is 21.6 Å². The molecule has 0 fully saturated rings. The van der Waals surface area contributed by atoms with Crippen LogP contribution in [0.4, 0.5) is 5.69 Å². The lowest BCUT2D eigenvalue weighted by Gasteiger charge is -2.12. The fourth-order valence-corrected chi connectivity index (χ4v) is 6.07. The number of hydrogen-bond acceptors (Lipinski definition) is 9. The monoisotopic (exact) mass is 528 g/mol. The number of sulfone groups is 1. The number of nitro benzene ring substituents is 1. The molecule has 0 aromatic heterocycles. The summed E-state index contributed by atoms with van der Waals surface area (Å²) >= 11 is 5.82. The van der Waals surface area contributed by atoms with Crippen molar-refractivity contribution in [1.29, 1.82) is 0 Å². The van der Waals surface area contributed by atoms with E-state index >= 15 is 0 Å². The Morgan fingerprint density at radius 3 is 2.22 bits per heavy atom. The number of nitrogens with zero attached hydrogens (tertiary/aromatic N) is 1. The van der Waals surface area contributed by atoms with Gasteiger partial charge in [0.1, 0.15) is 4.90 Å². The van der Waals surface area contributed by atoms with Gasteiger partial charge in [-0.05, 0) is 30.2 Å². The number of benzene rings is 2. The van der Waals surface area contributed by atoms with Crippen molar-refractivity contribution >= 4 is 47.3 Å². The van der Waals surface area contributed by atoms with E-state index in [4.69, 9.17) is 16.7 Å². The molecule has 176 valence electrons. The number of aliphatic hydroxyl groups is 1. The van der Waals surface area contributed by atoms with Crippen LogP contribution in [-0.2, 0) is 36.4 Å². The normalized spacial score (nSPS) is 12.6. The van der Waals surface area contributed by atoms with Gasteiger partial charge in [-0.3, -0.25) is 14.7 Å². The van der Waals surface area contributed by atoms with E-state index in [1.807, 2.05) is 0 Å². The summed E-state index contributed by atoms with van der Waals surface area (Å²) < 4.78 is 84.0. The van der Waals surface area contributed by atoms with Crippen molar-refractivity contribution in [3.63, 3.8) is 0 Å². The molecular weight excluding hydrogens is 512 g/mol. The van der Waals surface area contributed by atoms with E-state index < -0.39 is 74.2 Å². The zero-order valence-corrected chi connectivity index (χ0v) is 19.2. The van der Waals surface area contributed by atoms with E-state index in [9.17, 15) is 39.9 Å². The van der Waals surface area contributed by atoms with E-state index in [0.29, 0.717) is 6.07 Å². The summed E-state index contributed by atoms with van der Waals surface area (Å²) in [6.45, 7) is -1.11. The van der Waals surface area contributed by atoms with Gasteiger partial charge in [-0.2, -0.15) is 8.42 Å². The lowest BCUT2D eigenvalue weighted by Crippen LogP contribution is -2.26. The van der Waals surface area contributed by atoms with Crippen molar-refractivity contribution < 1.29 is 39.8 Å². The third kappa shape index (κ3) is 6.22. The first kappa shape index (κ1) is 26.1. The molecule has 0 unspecified atom stereocenters. The van der Waals surface area contributed by atoms with E-state index in [1.165, 1.54) is 0 Å². The lowest BCUT2D eigenvalue weighted by molar-refractivity contribution is -0.385. The molecule has 12 nitrogen and oxygen atoms in total. The van der Waals surface area contributed by atoms with Gasteiger partial charge in [0, 0.05) is 18.7 Å². The Balaban J connectivity index is 2.31. The summed E-state index contributed by atoms with van der Waals surface area (Å²) in [5.41, 5.74) is -0.605. The molecule has 0 radical (unpaired) electrons. The Morgan fingerprint density at radius 2 is 1.66 bits per heavy atom. The van der Waals surface area contributed by atoms with Crippen molar-refractivity contribution in [2.45, 2.75) is 21.1 Å². The minimum atomic E-state index is -4.87. The summed E-state index contributed by atoms with van der Waals surface area (Å²) in [6.07, 6.45) is -0.290. The van der Waals surface area contributed by atoms with Crippen molar-refractivity contribution in [2.75, 3.05) is 18.9 Å². The van der Waals surface area contributed by atoms with E-state index in [1.54, 1.807) is 0 Å². The second-order valence-corrected chi connectivity index (χ2v) is 11.9. The van der Waals surface area contributed by atoms with Gasteiger partial charge in [0.25, 0.3) is 15.8 Å². The fraction of sp³-hybridized carbons (Fsp3) is 0.250. The highest BCUT2D eigenvalue weighted by molar-refractivity contribution is 7.91. The van der Waals surface area contributed by atoms with Crippen molar-refractivity contribution in [3.05, 3.63) is 57.1 Å². The van der Waals surface area contributed by atoms with Gasteiger partial charge in [-0.1, -0.05) is 17.7 Å². The summed E-state index contributed by atoms with van der Waals surface area (Å²) in [4.78, 5) is 8.31. The highest BCUT2D eigenvalue weighted by Gasteiger charge is 2.24. The summed E-state index contributed by atoms with van der Waals surface area (Å²) in [6, 6.07) is 5.67. The number of hydrogen-bond donors (Lipinski definition) is 3. The van der Waals surface area contributed by atoms with Crippen LogP contribution in [0, 0.1) is 10.1 Å². The zero-order chi connectivity index (χ0) is 24.3. The lowest BCUT2D eigenvalue weighted by atomic mass is 10.1. The molecule has 0 aliphatic carbocycles. The molecule has 0 aliphatic heterocycles. The molecule has 32 heavy (non-hydrogen) atoms. The number of sulfonamides is 1. The van der Waals surface area contributed by atoms with E-state index in [-0.39, 0.29) is 17.0 Å². The Bertz CT molecular complexity index is 1360. The molecule has 2 aromatic carbocycles. The molecule has 2 rings (SSSR count). The third-order valence-electron chi connectivity index (χ3n) is 4.14. The molecule has 0 aliphatic rings. The topological polar surface area (TPSA) is 198 Å². The van der Waals surface area contributed by atoms with E-state index in [0.717, 1.165) is 30.3 Å². The van der Waals surface area contributed by atoms with Gasteiger partial charge in [-0.15, -0.1) is 0 Å². The largest absolute Gasteiger partial charge is 0.395 e. The molecule has 0 saturated carbocycles. The highest BCUT2D eigenvalue weighted by Crippen LogP contribution is 2.26. The van der Waals surface area contributed by atoms with Crippen LogP contribution in [0.3, 0.4) is 0 Å². The Morgan fingerprint density at radius 1 is 1.00 bits per heavy atom. The number of nitro groups is 1. The quantitative estimate of drug-likeness (QED) is 0.225. The van der Waals surface area contributed by atoms with Crippen molar-refractivity contribution in [2.24, 2.45) is 0 Å². The molecule has 16 heteroatoms. The molecule has 0 bridgehead atoms. The first-order chi connectivity index (χ1) is 14.7. The van der Waals surface area contributed by atoms with Gasteiger partial charge in [0.15, 0.2) is 9.84 Å². The molecule has 0 atom stereocenters. The molecule has 2 aromatic rings. The second-order valence-electron chi connectivity index (χ2n) is 6.31. The summed E-state index contributed by atoms with van der Waals surface area (Å²) in [7, 11) is -13.2. The maximum atomic E-state index is 12.5. The van der Waals surface area contributed by atoms with Crippen LogP contribution in [-0.4, -0.2) is 58.7 Å².